The molecular weight excluding hydrogens is 168 g/mol. The number of hydrogen-bond donors (Lipinski definition) is 2. The molecule has 0 aliphatic heterocycles. The Morgan fingerprint density at radius 2 is 2.00 bits per heavy atom. The first-order valence-corrected chi connectivity index (χ1v) is 4.59. The van der Waals surface area contributed by atoms with Gasteiger partial charge in [-0.05, 0) is 25.1 Å². The fourth-order valence-electron chi connectivity index (χ4n) is 0.590. The summed E-state index contributed by atoms with van der Waals surface area (Å²) in [6.07, 6.45) is 0. The summed E-state index contributed by atoms with van der Waals surface area (Å²) >= 11 is 5.03. The molecule has 0 aromatic carbocycles. The van der Waals surface area contributed by atoms with Crippen LogP contribution in [0.4, 0.5) is 0 Å². The minimum Gasteiger partial charge on any atom is -0.362 e. The third kappa shape index (κ3) is 7.54. The fourth-order valence-corrected chi connectivity index (χ4v) is 0.746. The smallest absolute Gasteiger partial charge is 0.166 e. The summed E-state index contributed by atoms with van der Waals surface area (Å²) in [7, 11) is 0. The van der Waals surface area contributed by atoms with Gasteiger partial charge in [0.1, 0.15) is 0 Å². The topological polar surface area (TPSA) is 24.1 Å². The predicted octanol–water partition coefficient (Wildman–Crippen LogP) is 1.68. The van der Waals surface area contributed by atoms with Gasteiger partial charge in [0.05, 0.1) is 0 Å². The molecule has 0 rings (SSSR count). The highest BCUT2D eigenvalue weighted by Crippen LogP contribution is 1.87. The van der Waals surface area contributed by atoms with Gasteiger partial charge >= 0.3 is 0 Å². The Hall–Kier alpha value is -0.570. The Balaban J connectivity index is 3.40. The highest BCUT2D eigenvalue weighted by molar-refractivity contribution is 7.80. The summed E-state index contributed by atoms with van der Waals surface area (Å²) < 4.78 is 0. The summed E-state index contributed by atoms with van der Waals surface area (Å²) in [6.45, 7) is 11.7. The molecule has 0 atom stereocenters. The summed E-state index contributed by atoms with van der Waals surface area (Å²) in [5.74, 6) is 0.620. The van der Waals surface area contributed by atoms with E-state index in [0.29, 0.717) is 11.0 Å². The molecule has 70 valence electrons. The SMILES string of the molecule is C=C(C)CNC(=S)NCC(C)C. The van der Waals surface area contributed by atoms with Crippen LogP contribution in [0.1, 0.15) is 20.8 Å². The van der Waals surface area contributed by atoms with Crippen molar-refractivity contribution in [1.82, 2.24) is 10.6 Å². The first-order chi connectivity index (χ1) is 5.52. The highest BCUT2D eigenvalue weighted by Gasteiger charge is 1.96. The van der Waals surface area contributed by atoms with Crippen molar-refractivity contribution in [2.45, 2.75) is 20.8 Å². The zero-order valence-electron chi connectivity index (χ0n) is 8.11. The molecule has 0 aromatic heterocycles. The molecule has 2 nitrogen and oxygen atoms in total. The van der Waals surface area contributed by atoms with Gasteiger partial charge in [0.25, 0.3) is 0 Å². The Morgan fingerprint density at radius 3 is 2.42 bits per heavy atom. The molecule has 3 heteroatoms. The molecule has 2 N–H and O–H groups in total. The molecule has 0 saturated heterocycles. The first-order valence-electron chi connectivity index (χ1n) is 4.18. The lowest BCUT2D eigenvalue weighted by Gasteiger charge is -2.11. The second-order valence-electron chi connectivity index (χ2n) is 3.41. The second kappa shape index (κ2) is 6.00. The van der Waals surface area contributed by atoms with E-state index in [9.17, 15) is 0 Å². The number of hydrogen-bond acceptors (Lipinski definition) is 1. The van der Waals surface area contributed by atoms with Gasteiger partial charge in [-0.25, -0.2) is 0 Å². The number of thiocarbonyl (C=S) groups is 1. The van der Waals surface area contributed by atoms with Crippen LogP contribution in [0.2, 0.25) is 0 Å². The minimum absolute atomic E-state index is 0.620. The van der Waals surface area contributed by atoms with Crippen molar-refractivity contribution in [1.29, 1.82) is 0 Å². The second-order valence-corrected chi connectivity index (χ2v) is 3.82. The zero-order valence-corrected chi connectivity index (χ0v) is 8.92. The summed E-state index contributed by atoms with van der Waals surface area (Å²) in [5.41, 5.74) is 1.09. The maximum atomic E-state index is 5.03. The van der Waals surface area contributed by atoms with Crippen LogP contribution in [0, 0.1) is 5.92 Å². The van der Waals surface area contributed by atoms with E-state index in [1.807, 2.05) is 6.92 Å². The number of nitrogens with one attached hydrogen (secondary N) is 2. The van der Waals surface area contributed by atoms with Gasteiger partial charge in [0.2, 0.25) is 0 Å². The molecule has 0 aliphatic carbocycles. The van der Waals surface area contributed by atoms with Crippen molar-refractivity contribution in [3.05, 3.63) is 12.2 Å². The minimum atomic E-state index is 0.620. The molecule has 0 radical (unpaired) electrons. The van der Waals surface area contributed by atoms with E-state index >= 15 is 0 Å². The van der Waals surface area contributed by atoms with E-state index in [1.165, 1.54) is 0 Å². The van der Waals surface area contributed by atoms with Crippen LogP contribution in [0.15, 0.2) is 12.2 Å². The Morgan fingerprint density at radius 1 is 1.42 bits per heavy atom. The van der Waals surface area contributed by atoms with Gasteiger partial charge in [0.15, 0.2) is 5.11 Å². The maximum Gasteiger partial charge on any atom is 0.166 e. The lowest BCUT2D eigenvalue weighted by molar-refractivity contribution is 0.621. The van der Waals surface area contributed by atoms with E-state index in [1.54, 1.807) is 0 Å². The maximum absolute atomic E-state index is 5.03. The van der Waals surface area contributed by atoms with Crippen LogP contribution < -0.4 is 10.6 Å². The van der Waals surface area contributed by atoms with Gasteiger partial charge < -0.3 is 10.6 Å². The lowest BCUT2D eigenvalue weighted by Crippen LogP contribution is -2.37. The van der Waals surface area contributed by atoms with Crippen LogP contribution in [0.3, 0.4) is 0 Å². The molecular formula is C9H18N2S. The third-order valence-corrected chi connectivity index (χ3v) is 1.51. The largest absolute Gasteiger partial charge is 0.362 e. The van der Waals surface area contributed by atoms with E-state index < -0.39 is 0 Å². The van der Waals surface area contributed by atoms with Gasteiger partial charge in [-0.15, -0.1) is 0 Å². The monoisotopic (exact) mass is 186 g/mol. The standard InChI is InChI=1S/C9H18N2S/c1-7(2)5-10-9(12)11-6-8(3)4/h8H,1,5-6H2,2-4H3,(H2,10,11,12). The van der Waals surface area contributed by atoms with Crippen LogP contribution in [0.5, 0.6) is 0 Å². The quantitative estimate of drug-likeness (QED) is 0.516. The number of rotatable bonds is 4. The van der Waals surface area contributed by atoms with Crippen LogP contribution in [0.25, 0.3) is 0 Å². The molecule has 0 fully saturated rings. The van der Waals surface area contributed by atoms with E-state index in [4.69, 9.17) is 12.2 Å². The molecule has 12 heavy (non-hydrogen) atoms. The van der Waals surface area contributed by atoms with Gasteiger partial charge in [0, 0.05) is 13.1 Å². The average Bonchev–Trinajstić information content (AvgIpc) is 1.96. The van der Waals surface area contributed by atoms with Crippen molar-refractivity contribution >= 4 is 17.3 Å². The molecule has 0 aliphatic rings. The van der Waals surface area contributed by atoms with Crippen molar-refractivity contribution in [2.24, 2.45) is 5.92 Å². The Kier molecular flexibility index (Phi) is 5.72. The third-order valence-electron chi connectivity index (χ3n) is 1.22. The van der Waals surface area contributed by atoms with E-state index in [-0.39, 0.29) is 0 Å². The van der Waals surface area contributed by atoms with Gasteiger partial charge in [-0.3, -0.25) is 0 Å². The normalized spacial score (nSPS) is 9.67. The van der Waals surface area contributed by atoms with E-state index in [2.05, 4.69) is 31.1 Å². The molecule has 0 spiro atoms. The molecule has 0 amide bonds. The summed E-state index contributed by atoms with van der Waals surface area (Å²) in [4.78, 5) is 0. The van der Waals surface area contributed by atoms with Gasteiger partial charge in [-0.1, -0.05) is 26.0 Å². The molecule has 0 unspecified atom stereocenters. The first kappa shape index (κ1) is 11.4. The van der Waals surface area contributed by atoms with Crippen molar-refractivity contribution in [2.75, 3.05) is 13.1 Å². The Bertz CT molecular complexity index is 164. The van der Waals surface area contributed by atoms with Crippen LogP contribution in [-0.2, 0) is 0 Å². The van der Waals surface area contributed by atoms with E-state index in [0.717, 1.165) is 18.7 Å². The zero-order chi connectivity index (χ0) is 9.56. The molecule has 0 heterocycles. The highest BCUT2D eigenvalue weighted by atomic mass is 32.1. The molecule has 0 saturated carbocycles. The van der Waals surface area contributed by atoms with Crippen LogP contribution >= 0.6 is 12.2 Å². The average molecular weight is 186 g/mol. The van der Waals surface area contributed by atoms with Crippen molar-refractivity contribution in [3.8, 4) is 0 Å². The van der Waals surface area contributed by atoms with Crippen LogP contribution in [-0.4, -0.2) is 18.2 Å². The lowest BCUT2D eigenvalue weighted by atomic mass is 10.2. The molecule has 0 bridgehead atoms. The van der Waals surface area contributed by atoms with Crippen molar-refractivity contribution in [3.63, 3.8) is 0 Å². The molecule has 0 aromatic rings. The van der Waals surface area contributed by atoms with Crippen molar-refractivity contribution < 1.29 is 0 Å². The summed E-state index contributed by atoms with van der Waals surface area (Å²) in [5, 5.41) is 6.89. The van der Waals surface area contributed by atoms with Gasteiger partial charge in [-0.2, -0.15) is 0 Å². The summed E-state index contributed by atoms with van der Waals surface area (Å²) in [6, 6.07) is 0. The predicted molar refractivity (Wildman–Crippen MR) is 58.3 cm³/mol. The Labute approximate surface area is 80.4 Å². The fraction of sp³-hybridized carbons (Fsp3) is 0.667.